The third kappa shape index (κ3) is 5.11. The smallest absolute Gasteiger partial charge is 0.221 e. The Morgan fingerprint density at radius 2 is 1.62 bits per heavy atom. The molecular formula is C29H32N2O. The van der Waals surface area contributed by atoms with Gasteiger partial charge in [-0.25, -0.2) is 0 Å². The Hall–Kier alpha value is -3.33. The van der Waals surface area contributed by atoms with Crippen molar-refractivity contribution in [2.45, 2.75) is 45.1 Å². The summed E-state index contributed by atoms with van der Waals surface area (Å²) in [7, 11) is 2.07. The summed E-state index contributed by atoms with van der Waals surface area (Å²) in [5, 5.41) is 4.45. The predicted molar refractivity (Wildman–Crippen MR) is 133 cm³/mol. The van der Waals surface area contributed by atoms with Crippen molar-refractivity contribution < 1.29 is 4.79 Å². The minimum absolute atomic E-state index is 0.0167. The Morgan fingerprint density at radius 3 is 2.38 bits per heavy atom. The van der Waals surface area contributed by atoms with Gasteiger partial charge in [0.1, 0.15) is 0 Å². The number of para-hydroxylation sites is 1. The van der Waals surface area contributed by atoms with Gasteiger partial charge in [0.2, 0.25) is 5.91 Å². The predicted octanol–water partition coefficient (Wildman–Crippen LogP) is 6.15. The number of hydrogen-bond acceptors (Lipinski definition) is 1. The molecule has 3 aromatic carbocycles. The van der Waals surface area contributed by atoms with Gasteiger partial charge < -0.3 is 9.88 Å². The van der Waals surface area contributed by atoms with Crippen molar-refractivity contribution in [3.8, 4) is 0 Å². The quantitative estimate of drug-likeness (QED) is 0.362. The third-order valence-electron chi connectivity index (χ3n) is 6.29. The molecule has 1 N–H and O–H groups in total. The fraction of sp³-hybridized carbons (Fsp3) is 0.276. The third-order valence-corrected chi connectivity index (χ3v) is 6.29. The fourth-order valence-corrected chi connectivity index (χ4v) is 4.48. The molecule has 1 amide bonds. The Labute approximate surface area is 191 Å². The van der Waals surface area contributed by atoms with Gasteiger partial charge >= 0.3 is 0 Å². The Balaban J connectivity index is 1.53. The number of hydrogen-bond donors (Lipinski definition) is 1. The zero-order chi connectivity index (χ0) is 22.5. The largest absolute Gasteiger partial charge is 0.354 e. The molecule has 3 heteroatoms. The van der Waals surface area contributed by atoms with E-state index in [1.807, 2.05) is 6.07 Å². The number of nitrogens with one attached hydrogen (secondary N) is 1. The summed E-state index contributed by atoms with van der Waals surface area (Å²) in [4.78, 5) is 13.1. The second-order valence-electron chi connectivity index (χ2n) is 8.87. The van der Waals surface area contributed by atoms with Crippen molar-refractivity contribution in [1.82, 2.24) is 9.88 Å². The average Bonchev–Trinajstić information content (AvgIpc) is 3.14. The van der Waals surface area contributed by atoms with Crippen LogP contribution in [0.4, 0.5) is 0 Å². The van der Waals surface area contributed by atoms with Crippen molar-refractivity contribution in [3.63, 3.8) is 0 Å². The lowest BCUT2D eigenvalue weighted by atomic mass is 9.87. The summed E-state index contributed by atoms with van der Waals surface area (Å²) < 4.78 is 2.16. The molecule has 3 nitrogen and oxygen atoms in total. The van der Waals surface area contributed by atoms with Gasteiger partial charge in [0, 0.05) is 42.5 Å². The van der Waals surface area contributed by atoms with Crippen molar-refractivity contribution >= 4 is 16.8 Å². The molecule has 0 aliphatic carbocycles. The molecule has 4 aromatic rings. The summed E-state index contributed by atoms with van der Waals surface area (Å²) >= 11 is 0. The highest BCUT2D eigenvalue weighted by molar-refractivity contribution is 5.86. The van der Waals surface area contributed by atoms with E-state index in [0.29, 0.717) is 6.42 Å². The van der Waals surface area contributed by atoms with Crippen molar-refractivity contribution in [3.05, 3.63) is 107 Å². The number of nitrogens with zero attached hydrogens (tertiary/aromatic N) is 1. The van der Waals surface area contributed by atoms with Gasteiger partial charge in [0.15, 0.2) is 0 Å². The minimum Gasteiger partial charge on any atom is -0.354 e. The van der Waals surface area contributed by atoms with E-state index in [2.05, 4.69) is 110 Å². The Kier molecular flexibility index (Phi) is 6.75. The number of benzene rings is 3. The molecular weight excluding hydrogens is 392 g/mol. The average molecular weight is 425 g/mol. The van der Waals surface area contributed by atoms with Crippen LogP contribution in [-0.4, -0.2) is 16.5 Å². The van der Waals surface area contributed by atoms with Crippen molar-refractivity contribution in [2.24, 2.45) is 7.05 Å². The molecule has 0 radical (unpaired) electrons. The molecule has 2 unspecified atom stereocenters. The molecule has 1 heterocycles. The van der Waals surface area contributed by atoms with Gasteiger partial charge in [-0.05, 0) is 49.4 Å². The number of aromatic nitrogens is 1. The number of carbonyl (C=O) groups excluding carboxylic acids is 1. The molecule has 4 rings (SSSR count). The second kappa shape index (κ2) is 9.86. The maximum Gasteiger partial charge on any atom is 0.221 e. The lowest BCUT2D eigenvalue weighted by Gasteiger charge is -2.20. The molecule has 0 fully saturated rings. The van der Waals surface area contributed by atoms with E-state index >= 15 is 0 Å². The molecule has 0 spiro atoms. The fourth-order valence-electron chi connectivity index (χ4n) is 4.48. The van der Waals surface area contributed by atoms with Crippen LogP contribution in [0.5, 0.6) is 0 Å². The van der Waals surface area contributed by atoms with Crippen LogP contribution in [0, 0.1) is 6.92 Å². The second-order valence-corrected chi connectivity index (χ2v) is 8.87. The Bertz CT molecular complexity index is 1170. The molecule has 1 aromatic heterocycles. The SMILES string of the molecule is Cc1ccc(C(CC(=O)NC(C)CCc2ccccc2)c2cn(C)c3ccccc23)cc1. The molecule has 0 saturated carbocycles. The van der Waals surface area contributed by atoms with Gasteiger partial charge in [0.05, 0.1) is 0 Å². The lowest BCUT2D eigenvalue weighted by Crippen LogP contribution is -2.33. The standard InChI is InChI=1S/C29H32N2O/c1-21-13-17-24(18-14-21)26(27-20-31(3)28-12-8-7-11-25(27)28)19-29(32)30-22(2)15-16-23-9-5-4-6-10-23/h4-14,17-18,20,22,26H,15-16,19H2,1-3H3,(H,30,32). The van der Waals surface area contributed by atoms with E-state index in [-0.39, 0.29) is 17.9 Å². The summed E-state index contributed by atoms with van der Waals surface area (Å²) in [6.07, 6.45) is 4.51. The summed E-state index contributed by atoms with van der Waals surface area (Å²) in [5.74, 6) is 0.118. The first kappa shape index (κ1) is 21.9. The normalized spacial score (nSPS) is 13.1. The summed E-state index contributed by atoms with van der Waals surface area (Å²) in [6, 6.07) is 27.6. The lowest BCUT2D eigenvalue weighted by molar-refractivity contribution is -0.121. The molecule has 0 aliphatic heterocycles. The van der Waals surface area contributed by atoms with E-state index in [1.54, 1.807) is 0 Å². The molecule has 0 aliphatic rings. The zero-order valence-corrected chi connectivity index (χ0v) is 19.2. The zero-order valence-electron chi connectivity index (χ0n) is 19.2. The van der Waals surface area contributed by atoms with Crippen molar-refractivity contribution in [2.75, 3.05) is 0 Å². The summed E-state index contributed by atoms with van der Waals surface area (Å²) in [5.41, 5.74) is 6.11. The van der Waals surface area contributed by atoms with Crippen LogP contribution in [0.1, 0.15) is 47.9 Å². The van der Waals surface area contributed by atoms with Crippen molar-refractivity contribution in [1.29, 1.82) is 0 Å². The van der Waals surface area contributed by atoms with Gasteiger partial charge in [-0.1, -0.05) is 78.4 Å². The number of carbonyl (C=O) groups is 1. The molecule has 32 heavy (non-hydrogen) atoms. The van der Waals surface area contributed by atoms with Crippen LogP contribution < -0.4 is 5.32 Å². The number of amides is 1. The highest BCUT2D eigenvalue weighted by atomic mass is 16.1. The van der Waals surface area contributed by atoms with Gasteiger partial charge in [-0.3, -0.25) is 4.79 Å². The van der Waals surface area contributed by atoms with E-state index in [0.717, 1.165) is 12.8 Å². The van der Waals surface area contributed by atoms with E-state index in [4.69, 9.17) is 0 Å². The maximum absolute atomic E-state index is 13.1. The molecule has 2 atom stereocenters. The van der Waals surface area contributed by atoms with Gasteiger partial charge in [-0.2, -0.15) is 0 Å². The minimum atomic E-state index is 0.0167. The van der Waals surface area contributed by atoms with Crippen LogP contribution in [-0.2, 0) is 18.3 Å². The number of fused-ring (bicyclic) bond motifs is 1. The van der Waals surface area contributed by atoms with E-state index < -0.39 is 0 Å². The monoisotopic (exact) mass is 424 g/mol. The van der Waals surface area contributed by atoms with Crippen LogP contribution in [0.15, 0.2) is 85.1 Å². The van der Waals surface area contributed by atoms with Crippen LogP contribution in [0.3, 0.4) is 0 Å². The highest BCUT2D eigenvalue weighted by Gasteiger charge is 2.23. The van der Waals surface area contributed by atoms with Gasteiger partial charge in [-0.15, -0.1) is 0 Å². The maximum atomic E-state index is 13.1. The number of rotatable bonds is 8. The molecule has 0 bridgehead atoms. The topological polar surface area (TPSA) is 34.0 Å². The highest BCUT2D eigenvalue weighted by Crippen LogP contribution is 2.34. The van der Waals surface area contributed by atoms with E-state index in [1.165, 1.54) is 33.2 Å². The summed E-state index contributed by atoms with van der Waals surface area (Å²) in [6.45, 7) is 4.19. The first-order valence-corrected chi connectivity index (χ1v) is 11.4. The van der Waals surface area contributed by atoms with Gasteiger partial charge in [0.25, 0.3) is 0 Å². The van der Waals surface area contributed by atoms with Crippen LogP contribution in [0.25, 0.3) is 10.9 Å². The van der Waals surface area contributed by atoms with E-state index in [9.17, 15) is 4.79 Å². The molecule has 0 saturated heterocycles. The first-order chi connectivity index (χ1) is 15.5. The van der Waals surface area contributed by atoms with Crippen LogP contribution >= 0.6 is 0 Å². The van der Waals surface area contributed by atoms with Crippen LogP contribution in [0.2, 0.25) is 0 Å². The first-order valence-electron chi connectivity index (χ1n) is 11.4. The molecule has 164 valence electrons. The number of aryl methyl sites for hydroxylation is 3. The Morgan fingerprint density at radius 1 is 0.938 bits per heavy atom.